The Hall–Kier alpha value is -2.83. The maximum absolute atomic E-state index is 13.8. The minimum atomic E-state index is -1.95. The summed E-state index contributed by atoms with van der Waals surface area (Å²) in [5.74, 6) is 0.748. The average molecular weight is 465 g/mol. The van der Waals surface area contributed by atoms with Crippen LogP contribution in [0.2, 0.25) is 0 Å². The van der Waals surface area contributed by atoms with E-state index >= 15 is 0 Å². The summed E-state index contributed by atoms with van der Waals surface area (Å²) in [4.78, 5) is 13.8. The van der Waals surface area contributed by atoms with Gasteiger partial charge in [-0.2, -0.15) is 0 Å². The SMILES string of the molecule is COc1ccc(C(O)(C(=O)O[C@H]2CC3C=C4C[C@]4(C2)[N+]3(C)C)c2ccc(OC)c(C)c2)cc1C. The molecule has 6 nitrogen and oxygen atoms in total. The lowest BCUT2D eigenvalue weighted by molar-refractivity contribution is -0.942. The molecule has 1 aliphatic carbocycles. The zero-order chi connectivity index (χ0) is 24.5. The number of rotatable bonds is 6. The summed E-state index contributed by atoms with van der Waals surface area (Å²) in [5, 5.41) is 12.1. The quantitative estimate of drug-likeness (QED) is 0.400. The van der Waals surface area contributed by atoms with Crippen LogP contribution >= 0.6 is 0 Å². The van der Waals surface area contributed by atoms with Crippen molar-refractivity contribution < 1.29 is 28.6 Å². The predicted molar refractivity (Wildman–Crippen MR) is 129 cm³/mol. The number of likely N-dealkylation sites (N-methyl/N-ethyl adjacent to an activating group) is 1. The van der Waals surface area contributed by atoms with E-state index in [1.54, 1.807) is 50.6 Å². The Morgan fingerprint density at radius 3 is 2.06 bits per heavy atom. The molecule has 0 aromatic heterocycles. The van der Waals surface area contributed by atoms with Crippen molar-refractivity contribution in [3.8, 4) is 11.5 Å². The smallest absolute Gasteiger partial charge is 0.347 e. The number of quaternary nitrogens is 1. The Morgan fingerprint density at radius 2 is 1.59 bits per heavy atom. The van der Waals surface area contributed by atoms with Gasteiger partial charge in [-0.3, -0.25) is 0 Å². The Labute approximate surface area is 201 Å². The van der Waals surface area contributed by atoms with Crippen LogP contribution in [0.5, 0.6) is 11.5 Å². The normalized spacial score (nSPS) is 26.4. The third-order valence-corrected chi connectivity index (χ3v) is 8.55. The number of aryl methyl sites for hydroxylation is 2. The van der Waals surface area contributed by atoms with E-state index in [1.165, 1.54) is 5.57 Å². The fraction of sp³-hybridized carbons (Fsp3) is 0.464. The fourth-order valence-electron chi connectivity index (χ4n) is 6.23. The number of methoxy groups -OCH3 is 2. The third kappa shape index (κ3) is 3.12. The highest BCUT2D eigenvalue weighted by atomic mass is 16.6. The number of ether oxygens (including phenoxy) is 3. The van der Waals surface area contributed by atoms with Crippen molar-refractivity contribution in [3.05, 3.63) is 70.3 Å². The number of hydrogen-bond acceptors (Lipinski definition) is 5. The predicted octanol–water partition coefficient (Wildman–Crippen LogP) is 3.79. The van der Waals surface area contributed by atoms with Crippen LogP contribution in [-0.2, 0) is 15.1 Å². The molecule has 3 atom stereocenters. The van der Waals surface area contributed by atoms with Crippen LogP contribution in [0.3, 0.4) is 0 Å². The van der Waals surface area contributed by atoms with Crippen molar-refractivity contribution in [2.45, 2.75) is 56.4 Å². The van der Waals surface area contributed by atoms with Crippen molar-refractivity contribution in [1.29, 1.82) is 0 Å². The van der Waals surface area contributed by atoms with Gasteiger partial charge in [0.25, 0.3) is 0 Å². The number of nitrogens with zero attached hydrogens (tertiary/aromatic N) is 1. The zero-order valence-electron chi connectivity index (χ0n) is 20.8. The first-order chi connectivity index (χ1) is 16.1. The Morgan fingerprint density at radius 1 is 1.03 bits per heavy atom. The minimum absolute atomic E-state index is 0.0966. The van der Waals surface area contributed by atoms with E-state index in [2.05, 4.69) is 20.2 Å². The zero-order valence-corrected chi connectivity index (χ0v) is 20.8. The van der Waals surface area contributed by atoms with E-state index in [9.17, 15) is 9.90 Å². The van der Waals surface area contributed by atoms with Gasteiger partial charge in [0.1, 0.15) is 29.2 Å². The number of piperidine rings is 1. The van der Waals surface area contributed by atoms with Crippen molar-refractivity contribution in [2.24, 2.45) is 0 Å². The molecule has 2 aromatic rings. The maximum atomic E-state index is 13.8. The molecule has 1 saturated carbocycles. The maximum Gasteiger partial charge on any atom is 0.347 e. The van der Waals surface area contributed by atoms with Gasteiger partial charge >= 0.3 is 5.97 Å². The lowest BCUT2D eigenvalue weighted by atomic mass is 9.84. The minimum Gasteiger partial charge on any atom is -0.496 e. The molecule has 1 unspecified atom stereocenters. The van der Waals surface area contributed by atoms with Gasteiger partial charge < -0.3 is 23.8 Å². The molecule has 34 heavy (non-hydrogen) atoms. The monoisotopic (exact) mass is 464 g/mol. The summed E-state index contributed by atoms with van der Waals surface area (Å²) in [6.45, 7) is 3.79. The summed E-state index contributed by atoms with van der Waals surface area (Å²) in [6, 6.07) is 11.0. The van der Waals surface area contributed by atoms with E-state index in [4.69, 9.17) is 14.2 Å². The topological polar surface area (TPSA) is 65.0 Å². The Bertz CT molecular complexity index is 1150. The molecule has 180 valence electrons. The van der Waals surface area contributed by atoms with Gasteiger partial charge in [0, 0.05) is 19.3 Å². The van der Waals surface area contributed by atoms with E-state index < -0.39 is 11.6 Å². The molecular formula is C28H34NO5+. The van der Waals surface area contributed by atoms with Crippen LogP contribution in [0.15, 0.2) is 48.0 Å². The second-order valence-corrected chi connectivity index (χ2v) is 10.6. The summed E-state index contributed by atoms with van der Waals surface area (Å²) >= 11 is 0. The third-order valence-electron chi connectivity index (χ3n) is 8.55. The summed E-state index contributed by atoms with van der Waals surface area (Å²) in [6.07, 6.45) is 4.78. The first-order valence-corrected chi connectivity index (χ1v) is 11.9. The lowest BCUT2D eigenvalue weighted by Gasteiger charge is -2.47. The van der Waals surface area contributed by atoms with Crippen molar-refractivity contribution in [2.75, 3.05) is 28.3 Å². The molecule has 2 aliphatic heterocycles. The molecule has 2 aromatic carbocycles. The Balaban J connectivity index is 1.50. The lowest BCUT2D eigenvalue weighted by Crippen LogP contribution is -2.60. The number of hydrogen-bond donors (Lipinski definition) is 1. The molecule has 2 bridgehead atoms. The van der Waals surface area contributed by atoms with Gasteiger partial charge in [-0.05, 0) is 72.0 Å². The van der Waals surface area contributed by atoms with Crippen LogP contribution in [0, 0.1) is 13.8 Å². The van der Waals surface area contributed by atoms with E-state index in [-0.39, 0.29) is 11.6 Å². The van der Waals surface area contributed by atoms with Crippen LogP contribution < -0.4 is 9.47 Å². The fourth-order valence-corrected chi connectivity index (χ4v) is 6.23. The number of aliphatic hydroxyl groups is 1. The van der Waals surface area contributed by atoms with Crippen LogP contribution in [0.1, 0.15) is 41.5 Å². The van der Waals surface area contributed by atoms with E-state index in [0.717, 1.165) is 34.9 Å². The van der Waals surface area contributed by atoms with E-state index in [1.807, 2.05) is 13.8 Å². The van der Waals surface area contributed by atoms with Gasteiger partial charge in [0.15, 0.2) is 0 Å². The number of benzene rings is 2. The number of carbonyl (C=O) groups excluding carboxylic acids is 1. The number of esters is 1. The standard InChI is InChI=1S/C28H34NO5/c1-17-11-19(7-9-24(17)32-5)28(31,20-8-10-25(33-6)18(2)12-20)26(30)34-23-14-22-13-21-15-27(21,16-23)29(22,3)4/h7-13,22-23,31H,14-16H2,1-6H3/q+1/t22?,23-,27+/m0/s1. The molecule has 2 fully saturated rings. The first kappa shape index (κ1) is 22.9. The molecule has 1 saturated heterocycles. The van der Waals surface area contributed by atoms with Crippen LogP contribution in [0.4, 0.5) is 0 Å². The molecule has 1 spiro atoms. The van der Waals surface area contributed by atoms with Crippen molar-refractivity contribution >= 4 is 5.97 Å². The van der Waals surface area contributed by atoms with Crippen molar-refractivity contribution in [3.63, 3.8) is 0 Å². The van der Waals surface area contributed by atoms with Crippen molar-refractivity contribution in [1.82, 2.24) is 0 Å². The van der Waals surface area contributed by atoms with Gasteiger partial charge in [-0.25, -0.2) is 4.79 Å². The van der Waals surface area contributed by atoms with Gasteiger partial charge in [0.05, 0.1) is 28.3 Å². The largest absolute Gasteiger partial charge is 0.496 e. The molecule has 1 N–H and O–H groups in total. The average Bonchev–Trinajstić information content (AvgIpc) is 3.47. The van der Waals surface area contributed by atoms with Crippen LogP contribution in [-0.4, -0.2) is 61.6 Å². The first-order valence-electron chi connectivity index (χ1n) is 11.9. The molecule has 3 aliphatic rings. The highest BCUT2D eigenvalue weighted by molar-refractivity contribution is 5.86. The molecule has 0 radical (unpaired) electrons. The van der Waals surface area contributed by atoms with Crippen LogP contribution in [0.25, 0.3) is 0 Å². The Kier molecular flexibility index (Phi) is 5.12. The molecule has 6 heteroatoms. The summed E-state index contributed by atoms with van der Waals surface area (Å²) in [5.41, 5.74) is 2.21. The second-order valence-electron chi connectivity index (χ2n) is 10.6. The molecule has 2 heterocycles. The summed E-state index contributed by atoms with van der Waals surface area (Å²) in [7, 11) is 7.75. The molecular weight excluding hydrogens is 430 g/mol. The van der Waals surface area contributed by atoms with Gasteiger partial charge in [0.2, 0.25) is 5.60 Å². The molecule has 0 amide bonds. The highest BCUT2D eigenvalue weighted by Crippen LogP contribution is 2.63. The highest BCUT2D eigenvalue weighted by Gasteiger charge is 2.71. The summed E-state index contributed by atoms with van der Waals surface area (Å²) < 4.78 is 17.9. The number of fused-ring (bicyclic) bond motifs is 1. The van der Waals surface area contributed by atoms with Gasteiger partial charge in [-0.15, -0.1) is 0 Å². The molecule has 5 rings (SSSR count). The number of carbonyl (C=O) groups is 1. The van der Waals surface area contributed by atoms with Gasteiger partial charge in [-0.1, -0.05) is 12.1 Å². The van der Waals surface area contributed by atoms with E-state index in [0.29, 0.717) is 28.7 Å². The second kappa shape index (κ2) is 7.59.